The highest BCUT2D eigenvalue weighted by atomic mass is 79.9. The Kier molecular flexibility index (Phi) is 7.19. The second-order valence-corrected chi connectivity index (χ2v) is 9.44. The van der Waals surface area contributed by atoms with E-state index in [1.54, 1.807) is 60.7 Å². The molecule has 9 heteroatoms. The Balaban J connectivity index is 1.48. The van der Waals surface area contributed by atoms with Crippen LogP contribution in [0.25, 0.3) is 0 Å². The van der Waals surface area contributed by atoms with Crippen LogP contribution < -0.4 is 20.2 Å². The molecule has 4 aromatic rings. The molecule has 0 spiro atoms. The molecule has 0 radical (unpaired) electrons. The van der Waals surface area contributed by atoms with Crippen LogP contribution >= 0.6 is 15.9 Å². The van der Waals surface area contributed by atoms with Crippen molar-refractivity contribution in [2.75, 3.05) is 12.4 Å². The number of halogens is 1. The van der Waals surface area contributed by atoms with Gasteiger partial charge in [0.2, 0.25) is 0 Å². The molecule has 3 N–H and O–H groups in total. The summed E-state index contributed by atoms with van der Waals surface area (Å²) >= 11 is 3.40. The largest absolute Gasteiger partial charge is 0.504 e. The minimum absolute atomic E-state index is 0.147. The number of hydrazine groups is 1. The molecule has 0 aliphatic carbocycles. The summed E-state index contributed by atoms with van der Waals surface area (Å²) < 4.78 is 11.9. The van der Waals surface area contributed by atoms with E-state index in [9.17, 15) is 14.7 Å². The molecule has 38 heavy (non-hydrogen) atoms. The summed E-state index contributed by atoms with van der Waals surface area (Å²) in [5, 5.41) is 15.3. The predicted octanol–water partition coefficient (Wildman–Crippen LogP) is 5.65. The monoisotopic (exact) mass is 573 g/mol. The summed E-state index contributed by atoms with van der Waals surface area (Å²) in [6.07, 6.45) is -0.923. The topological polar surface area (TPSA) is 100 Å². The fourth-order valence-electron chi connectivity index (χ4n) is 4.22. The molecule has 0 fully saturated rings. The van der Waals surface area contributed by atoms with Crippen molar-refractivity contribution in [2.24, 2.45) is 0 Å². The normalized spacial score (nSPS) is 14.3. The van der Waals surface area contributed by atoms with Gasteiger partial charge in [-0.25, -0.2) is 5.01 Å². The van der Waals surface area contributed by atoms with Crippen molar-refractivity contribution < 1.29 is 24.2 Å². The SMILES string of the molecule is COc1cccc([C@H]2Nc3ccc(Br)cc3C(=O)N2NC(=O)c2ccccc2OCc2ccccc2)c1O. The van der Waals surface area contributed by atoms with Gasteiger partial charge in [0.15, 0.2) is 17.7 Å². The first-order chi connectivity index (χ1) is 18.5. The zero-order valence-electron chi connectivity index (χ0n) is 20.4. The lowest BCUT2D eigenvalue weighted by Gasteiger charge is -2.38. The molecule has 0 bridgehead atoms. The Labute approximate surface area is 227 Å². The molecule has 1 atom stereocenters. The number of phenolic OH excluding ortho intramolecular Hbond substituents is 1. The van der Waals surface area contributed by atoms with Crippen molar-refractivity contribution in [1.29, 1.82) is 0 Å². The first-order valence-electron chi connectivity index (χ1n) is 11.8. The van der Waals surface area contributed by atoms with Gasteiger partial charge in [0.05, 0.1) is 18.2 Å². The molecule has 1 heterocycles. The van der Waals surface area contributed by atoms with Crippen LogP contribution in [-0.4, -0.2) is 29.0 Å². The molecule has 0 saturated heterocycles. The molecule has 5 rings (SSSR count). The first kappa shape index (κ1) is 25.2. The Morgan fingerprint density at radius 3 is 2.53 bits per heavy atom. The van der Waals surface area contributed by atoms with E-state index in [0.717, 1.165) is 5.56 Å². The van der Waals surface area contributed by atoms with Crippen LogP contribution in [0.1, 0.15) is 38.0 Å². The molecule has 4 aromatic carbocycles. The number of methoxy groups -OCH3 is 1. The maximum atomic E-state index is 13.7. The second kappa shape index (κ2) is 10.9. The van der Waals surface area contributed by atoms with E-state index in [2.05, 4.69) is 26.7 Å². The van der Waals surface area contributed by atoms with Crippen LogP contribution in [0, 0.1) is 0 Å². The number of carbonyl (C=O) groups is 2. The Bertz CT molecular complexity index is 1500. The molecular formula is C29H24BrN3O5. The number of phenols is 1. The van der Waals surface area contributed by atoms with Gasteiger partial charge < -0.3 is 19.9 Å². The quantitative estimate of drug-likeness (QED) is 0.264. The molecule has 1 aliphatic rings. The van der Waals surface area contributed by atoms with Gasteiger partial charge in [0, 0.05) is 15.7 Å². The smallest absolute Gasteiger partial charge is 0.276 e. The molecule has 0 saturated carbocycles. The van der Waals surface area contributed by atoms with Gasteiger partial charge in [-0.15, -0.1) is 0 Å². The minimum Gasteiger partial charge on any atom is -0.504 e. The third-order valence-electron chi connectivity index (χ3n) is 6.12. The number of rotatable bonds is 7. The third kappa shape index (κ3) is 5.01. The zero-order chi connectivity index (χ0) is 26.6. The van der Waals surface area contributed by atoms with E-state index in [1.807, 2.05) is 30.3 Å². The summed E-state index contributed by atoms with van der Waals surface area (Å²) in [6, 6.07) is 26.6. The van der Waals surface area contributed by atoms with Gasteiger partial charge in [-0.1, -0.05) is 70.5 Å². The lowest BCUT2D eigenvalue weighted by Crippen LogP contribution is -2.53. The summed E-state index contributed by atoms with van der Waals surface area (Å²) in [4.78, 5) is 27.2. The summed E-state index contributed by atoms with van der Waals surface area (Å²) in [7, 11) is 1.44. The van der Waals surface area contributed by atoms with Crippen LogP contribution in [0.15, 0.2) is 95.5 Å². The number of amides is 2. The van der Waals surface area contributed by atoms with Gasteiger partial charge in [0.25, 0.3) is 11.8 Å². The number of hydrogen-bond donors (Lipinski definition) is 3. The van der Waals surface area contributed by atoms with E-state index in [4.69, 9.17) is 9.47 Å². The number of aromatic hydroxyl groups is 1. The van der Waals surface area contributed by atoms with E-state index >= 15 is 0 Å². The number of carbonyl (C=O) groups excluding carboxylic acids is 2. The van der Waals surface area contributed by atoms with Gasteiger partial charge in [-0.2, -0.15) is 0 Å². The van der Waals surface area contributed by atoms with Crippen LogP contribution in [0.3, 0.4) is 0 Å². The lowest BCUT2D eigenvalue weighted by atomic mass is 10.0. The Hall–Kier alpha value is -4.50. The van der Waals surface area contributed by atoms with Gasteiger partial charge >= 0.3 is 0 Å². The third-order valence-corrected chi connectivity index (χ3v) is 6.61. The van der Waals surface area contributed by atoms with Crippen molar-refractivity contribution in [1.82, 2.24) is 10.4 Å². The van der Waals surface area contributed by atoms with Crippen molar-refractivity contribution in [3.05, 3.63) is 118 Å². The van der Waals surface area contributed by atoms with Crippen molar-refractivity contribution in [3.8, 4) is 17.2 Å². The highest BCUT2D eigenvalue weighted by molar-refractivity contribution is 9.10. The number of hydrogen-bond acceptors (Lipinski definition) is 6. The standard InChI is InChI=1S/C29H24BrN3O5/c1-37-25-13-7-11-21(26(25)34)27-31-23-15-14-19(30)16-22(23)29(36)33(27)32-28(35)20-10-5-6-12-24(20)38-17-18-8-3-2-4-9-18/h2-16,27,31,34H,17H2,1H3,(H,32,35)/t27-/m0/s1. The number of ether oxygens (including phenoxy) is 2. The van der Waals surface area contributed by atoms with Crippen LogP contribution in [-0.2, 0) is 6.61 Å². The maximum absolute atomic E-state index is 13.7. The van der Waals surface area contributed by atoms with E-state index < -0.39 is 18.0 Å². The summed E-state index contributed by atoms with van der Waals surface area (Å²) in [6.45, 7) is 0.275. The van der Waals surface area contributed by atoms with Crippen LogP contribution in [0.4, 0.5) is 5.69 Å². The fourth-order valence-corrected chi connectivity index (χ4v) is 4.58. The molecule has 8 nitrogen and oxygen atoms in total. The number of nitrogens with one attached hydrogen (secondary N) is 2. The number of fused-ring (bicyclic) bond motifs is 1. The number of nitrogens with zero attached hydrogens (tertiary/aromatic N) is 1. The second-order valence-electron chi connectivity index (χ2n) is 8.52. The van der Waals surface area contributed by atoms with Gasteiger partial charge in [-0.3, -0.25) is 15.0 Å². The van der Waals surface area contributed by atoms with E-state index in [1.165, 1.54) is 12.1 Å². The highest BCUT2D eigenvalue weighted by Gasteiger charge is 2.37. The average Bonchev–Trinajstić information content (AvgIpc) is 2.94. The van der Waals surface area contributed by atoms with Crippen LogP contribution in [0.5, 0.6) is 17.2 Å². The Morgan fingerprint density at radius 1 is 1.00 bits per heavy atom. The lowest BCUT2D eigenvalue weighted by molar-refractivity contribution is 0.0486. The van der Waals surface area contributed by atoms with E-state index in [-0.39, 0.29) is 23.7 Å². The minimum atomic E-state index is -0.923. The number of anilines is 1. The molecule has 0 aromatic heterocycles. The van der Waals surface area contributed by atoms with Crippen molar-refractivity contribution in [3.63, 3.8) is 0 Å². The molecule has 1 aliphatic heterocycles. The Morgan fingerprint density at radius 2 is 1.74 bits per heavy atom. The number of benzene rings is 4. The van der Waals surface area contributed by atoms with Crippen molar-refractivity contribution >= 4 is 33.4 Å². The van der Waals surface area contributed by atoms with Crippen LogP contribution in [0.2, 0.25) is 0 Å². The molecule has 192 valence electrons. The molecular weight excluding hydrogens is 550 g/mol. The average molecular weight is 574 g/mol. The fraction of sp³-hybridized carbons (Fsp3) is 0.103. The number of para-hydroxylation sites is 2. The predicted molar refractivity (Wildman–Crippen MR) is 146 cm³/mol. The zero-order valence-corrected chi connectivity index (χ0v) is 21.9. The van der Waals surface area contributed by atoms with Crippen molar-refractivity contribution in [2.45, 2.75) is 12.8 Å². The van der Waals surface area contributed by atoms with Gasteiger partial charge in [-0.05, 0) is 42.0 Å². The summed E-state index contributed by atoms with van der Waals surface area (Å²) in [5.74, 6) is -0.538. The molecule has 2 amide bonds. The maximum Gasteiger partial charge on any atom is 0.276 e. The first-order valence-corrected chi connectivity index (χ1v) is 12.6. The van der Waals surface area contributed by atoms with E-state index in [0.29, 0.717) is 27.0 Å². The highest BCUT2D eigenvalue weighted by Crippen LogP contribution is 2.40. The van der Waals surface area contributed by atoms with Gasteiger partial charge in [0.1, 0.15) is 12.4 Å². The molecule has 0 unspecified atom stereocenters. The summed E-state index contributed by atoms with van der Waals surface area (Å²) in [5.41, 5.74) is 5.20.